The minimum absolute atomic E-state index is 0.0794. The average Bonchev–Trinajstić information content (AvgIpc) is 2.96. The first-order chi connectivity index (χ1) is 10.6. The molecule has 1 aromatic heterocycles. The number of hydrogen-bond acceptors (Lipinski definition) is 4. The van der Waals surface area contributed by atoms with Crippen molar-refractivity contribution in [2.24, 2.45) is 0 Å². The fourth-order valence-electron chi connectivity index (χ4n) is 1.81. The van der Waals surface area contributed by atoms with E-state index in [1.807, 2.05) is 0 Å². The Morgan fingerprint density at radius 2 is 1.95 bits per heavy atom. The van der Waals surface area contributed by atoms with Crippen LogP contribution in [-0.4, -0.2) is 16.1 Å². The van der Waals surface area contributed by atoms with E-state index < -0.39 is 11.7 Å². The Labute approximate surface area is 129 Å². The quantitative estimate of drug-likeness (QED) is 0.798. The average molecular weight is 318 g/mol. The highest BCUT2D eigenvalue weighted by molar-refractivity contribution is 6.30. The standard InChI is InChI=1S/C15H9ClFN3O2/c16-11-5-1-4-10(7-11)14-19-20-15(22-14)18-13(21)9-3-2-6-12(17)8-9/h1-8H,(H,18,20,21). The molecular formula is C15H9ClFN3O2. The topological polar surface area (TPSA) is 68.0 Å². The number of nitrogens with zero attached hydrogens (tertiary/aromatic N) is 2. The third-order valence-electron chi connectivity index (χ3n) is 2.80. The van der Waals surface area contributed by atoms with Crippen LogP contribution in [0, 0.1) is 5.82 Å². The first-order valence-corrected chi connectivity index (χ1v) is 6.66. The predicted molar refractivity (Wildman–Crippen MR) is 79.1 cm³/mol. The first kappa shape index (κ1) is 14.2. The second-order valence-corrected chi connectivity index (χ2v) is 4.82. The van der Waals surface area contributed by atoms with E-state index in [9.17, 15) is 9.18 Å². The predicted octanol–water partition coefficient (Wildman–Crippen LogP) is 3.78. The number of rotatable bonds is 3. The second kappa shape index (κ2) is 5.95. The first-order valence-electron chi connectivity index (χ1n) is 6.28. The Morgan fingerprint density at radius 3 is 2.73 bits per heavy atom. The van der Waals surface area contributed by atoms with Crippen LogP contribution in [0.3, 0.4) is 0 Å². The molecule has 0 saturated heterocycles. The number of nitrogens with one attached hydrogen (secondary N) is 1. The maximum Gasteiger partial charge on any atom is 0.322 e. The molecule has 0 bridgehead atoms. The van der Waals surface area contributed by atoms with Gasteiger partial charge in [0.2, 0.25) is 5.89 Å². The molecule has 110 valence electrons. The summed E-state index contributed by atoms with van der Waals surface area (Å²) in [6.45, 7) is 0. The summed E-state index contributed by atoms with van der Waals surface area (Å²) in [5, 5.41) is 10.5. The SMILES string of the molecule is O=C(Nc1nnc(-c2cccc(Cl)c2)o1)c1cccc(F)c1. The molecule has 5 nitrogen and oxygen atoms in total. The van der Waals surface area contributed by atoms with Gasteiger partial charge >= 0.3 is 6.01 Å². The summed E-state index contributed by atoms with van der Waals surface area (Å²) in [6.07, 6.45) is 0. The van der Waals surface area contributed by atoms with Gasteiger partial charge < -0.3 is 4.42 Å². The van der Waals surface area contributed by atoms with Crippen LogP contribution in [0.2, 0.25) is 5.02 Å². The molecule has 7 heteroatoms. The molecule has 0 aliphatic heterocycles. The van der Waals surface area contributed by atoms with Gasteiger partial charge in [-0.25, -0.2) is 4.39 Å². The molecule has 22 heavy (non-hydrogen) atoms. The lowest BCUT2D eigenvalue weighted by Gasteiger charge is -2.00. The van der Waals surface area contributed by atoms with E-state index in [1.54, 1.807) is 24.3 Å². The number of benzene rings is 2. The highest BCUT2D eigenvalue weighted by Gasteiger charge is 2.13. The molecular weight excluding hydrogens is 309 g/mol. The van der Waals surface area contributed by atoms with Crippen LogP contribution in [0.5, 0.6) is 0 Å². The summed E-state index contributed by atoms with van der Waals surface area (Å²) < 4.78 is 18.4. The smallest absolute Gasteiger partial charge is 0.322 e. The van der Waals surface area contributed by atoms with Crippen LogP contribution in [-0.2, 0) is 0 Å². The Morgan fingerprint density at radius 1 is 1.14 bits per heavy atom. The Hall–Kier alpha value is -2.73. The lowest BCUT2D eigenvalue weighted by atomic mass is 10.2. The van der Waals surface area contributed by atoms with Crippen LogP contribution in [0.1, 0.15) is 10.4 Å². The van der Waals surface area contributed by atoms with Crippen molar-refractivity contribution >= 4 is 23.5 Å². The van der Waals surface area contributed by atoms with E-state index in [1.165, 1.54) is 18.2 Å². The molecule has 0 saturated carbocycles. The highest BCUT2D eigenvalue weighted by Crippen LogP contribution is 2.23. The molecule has 2 aromatic carbocycles. The Bertz CT molecular complexity index is 835. The molecule has 1 N–H and O–H groups in total. The zero-order valence-corrected chi connectivity index (χ0v) is 11.8. The molecule has 1 amide bonds. The van der Waals surface area contributed by atoms with Crippen molar-refractivity contribution in [1.82, 2.24) is 10.2 Å². The van der Waals surface area contributed by atoms with Gasteiger partial charge in [0, 0.05) is 16.1 Å². The minimum Gasteiger partial charge on any atom is -0.403 e. The normalized spacial score (nSPS) is 10.5. The van der Waals surface area contributed by atoms with E-state index in [0.717, 1.165) is 6.07 Å². The fraction of sp³-hybridized carbons (Fsp3) is 0. The van der Waals surface area contributed by atoms with Gasteiger partial charge in [-0.3, -0.25) is 10.1 Å². The zero-order chi connectivity index (χ0) is 15.5. The molecule has 0 aliphatic carbocycles. The third kappa shape index (κ3) is 3.12. The van der Waals surface area contributed by atoms with Crippen molar-refractivity contribution in [3.8, 4) is 11.5 Å². The Balaban J connectivity index is 1.78. The van der Waals surface area contributed by atoms with Gasteiger partial charge in [0.05, 0.1) is 0 Å². The number of anilines is 1. The number of aromatic nitrogens is 2. The minimum atomic E-state index is -0.541. The summed E-state index contributed by atoms with van der Waals surface area (Å²) in [5.41, 5.74) is 0.786. The van der Waals surface area contributed by atoms with Gasteiger partial charge in [0.15, 0.2) is 0 Å². The van der Waals surface area contributed by atoms with Crippen molar-refractivity contribution in [2.45, 2.75) is 0 Å². The van der Waals surface area contributed by atoms with Crippen LogP contribution in [0.15, 0.2) is 52.9 Å². The van der Waals surface area contributed by atoms with Gasteiger partial charge in [-0.1, -0.05) is 28.8 Å². The fourth-order valence-corrected chi connectivity index (χ4v) is 2.00. The molecule has 3 rings (SSSR count). The Kier molecular flexibility index (Phi) is 3.84. The zero-order valence-electron chi connectivity index (χ0n) is 11.1. The van der Waals surface area contributed by atoms with E-state index in [0.29, 0.717) is 10.6 Å². The van der Waals surface area contributed by atoms with Crippen LogP contribution in [0.25, 0.3) is 11.5 Å². The van der Waals surface area contributed by atoms with Crippen LogP contribution >= 0.6 is 11.6 Å². The largest absolute Gasteiger partial charge is 0.403 e. The summed E-state index contributed by atoms with van der Waals surface area (Å²) in [6, 6.07) is 12.1. The van der Waals surface area contributed by atoms with Crippen molar-refractivity contribution < 1.29 is 13.6 Å². The molecule has 0 spiro atoms. The molecule has 0 fully saturated rings. The summed E-state index contributed by atoms with van der Waals surface area (Å²) in [7, 11) is 0. The molecule has 1 heterocycles. The van der Waals surface area contributed by atoms with Gasteiger partial charge in [-0.2, -0.15) is 0 Å². The summed E-state index contributed by atoms with van der Waals surface area (Å²) in [5.74, 6) is -0.823. The van der Waals surface area contributed by atoms with Gasteiger partial charge in [-0.15, -0.1) is 5.10 Å². The van der Waals surface area contributed by atoms with Crippen molar-refractivity contribution in [2.75, 3.05) is 5.32 Å². The van der Waals surface area contributed by atoms with E-state index in [-0.39, 0.29) is 17.5 Å². The van der Waals surface area contributed by atoms with Crippen LogP contribution in [0.4, 0.5) is 10.4 Å². The van der Waals surface area contributed by atoms with Crippen molar-refractivity contribution in [3.05, 3.63) is 64.9 Å². The molecule has 0 radical (unpaired) electrons. The third-order valence-corrected chi connectivity index (χ3v) is 3.04. The molecule has 3 aromatic rings. The lowest BCUT2D eigenvalue weighted by Crippen LogP contribution is -2.12. The van der Waals surface area contributed by atoms with E-state index >= 15 is 0 Å². The molecule has 0 aliphatic rings. The highest BCUT2D eigenvalue weighted by atomic mass is 35.5. The summed E-state index contributed by atoms with van der Waals surface area (Å²) in [4.78, 5) is 11.9. The lowest BCUT2D eigenvalue weighted by molar-refractivity contribution is 0.102. The maximum absolute atomic E-state index is 13.1. The van der Waals surface area contributed by atoms with Gasteiger partial charge in [-0.05, 0) is 36.4 Å². The van der Waals surface area contributed by atoms with Gasteiger partial charge in [0.1, 0.15) is 5.82 Å². The van der Waals surface area contributed by atoms with Crippen molar-refractivity contribution in [1.29, 1.82) is 0 Å². The molecule has 0 unspecified atom stereocenters. The maximum atomic E-state index is 13.1. The van der Waals surface area contributed by atoms with Crippen LogP contribution < -0.4 is 5.32 Å². The van der Waals surface area contributed by atoms with Gasteiger partial charge in [0.25, 0.3) is 5.91 Å². The number of carbonyl (C=O) groups is 1. The second-order valence-electron chi connectivity index (χ2n) is 4.39. The van der Waals surface area contributed by atoms with E-state index in [4.69, 9.17) is 16.0 Å². The number of halogens is 2. The van der Waals surface area contributed by atoms with Crippen molar-refractivity contribution in [3.63, 3.8) is 0 Å². The number of hydrogen-bond donors (Lipinski definition) is 1. The summed E-state index contributed by atoms with van der Waals surface area (Å²) >= 11 is 5.89. The number of amides is 1. The van der Waals surface area contributed by atoms with E-state index in [2.05, 4.69) is 15.5 Å². The molecule has 0 atom stereocenters. The number of carbonyl (C=O) groups excluding carboxylic acids is 1. The monoisotopic (exact) mass is 317 g/mol.